The fraction of sp³-hybridized carbons (Fsp3) is 0.475. The summed E-state index contributed by atoms with van der Waals surface area (Å²) in [6.07, 6.45) is 19.0. The average molecular weight is 624 g/mol. The molecule has 0 heterocycles. The number of benzene rings is 2. The lowest BCUT2D eigenvalue weighted by molar-refractivity contribution is -0.116. The number of nitrogens with zero attached hydrogens (tertiary/aromatic N) is 2. The Morgan fingerprint density at radius 3 is 2.30 bits per heavy atom. The molecule has 46 heavy (non-hydrogen) atoms. The van der Waals surface area contributed by atoms with E-state index in [2.05, 4.69) is 56.2 Å². The molecule has 0 fully saturated rings. The van der Waals surface area contributed by atoms with Crippen molar-refractivity contribution in [2.24, 2.45) is 10.9 Å². The number of Topliss-reactive ketones (excluding diaryl/α,β-unsaturated/α-hetero) is 1. The zero-order chi connectivity index (χ0) is 32.9. The molecule has 0 spiro atoms. The molecular weight excluding hydrogens is 570 g/mol. The van der Waals surface area contributed by atoms with Crippen molar-refractivity contribution >= 4 is 28.8 Å². The first-order chi connectivity index (χ1) is 22.3. The minimum absolute atomic E-state index is 0.0844. The summed E-state index contributed by atoms with van der Waals surface area (Å²) in [5.74, 6) is 0.220. The number of anilines is 1. The van der Waals surface area contributed by atoms with Gasteiger partial charge in [-0.1, -0.05) is 102 Å². The number of aliphatic imine (C=N–C) groups is 1. The molecule has 4 rings (SSSR count). The van der Waals surface area contributed by atoms with E-state index in [4.69, 9.17) is 9.73 Å². The molecule has 6 heteroatoms. The molecule has 0 saturated heterocycles. The molecule has 0 aromatic heterocycles. The van der Waals surface area contributed by atoms with Crippen LogP contribution in [0.3, 0.4) is 0 Å². The van der Waals surface area contributed by atoms with Gasteiger partial charge in [0.2, 0.25) is 0 Å². The quantitative estimate of drug-likeness (QED) is 0.141. The Balaban J connectivity index is 1.45. The maximum Gasteiger partial charge on any atom is 0.259 e. The molecule has 246 valence electrons. The first-order valence-corrected chi connectivity index (χ1v) is 17.4. The number of nitrogens with one attached hydrogen (secondary N) is 1. The van der Waals surface area contributed by atoms with E-state index in [1.165, 1.54) is 51.4 Å². The minimum atomic E-state index is -0.429. The third-order valence-corrected chi connectivity index (χ3v) is 8.97. The number of hydrogen-bond donors (Lipinski definition) is 1. The summed E-state index contributed by atoms with van der Waals surface area (Å²) >= 11 is 0. The Morgan fingerprint density at radius 2 is 1.63 bits per heavy atom. The van der Waals surface area contributed by atoms with E-state index in [9.17, 15) is 9.59 Å². The Morgan fingerprint density at radius 1 is 0.957 bits per heavy atom. The van der Waals surface area contributed by atoms with Crippen LogP contribution in [0.25, 0.3) is 0 Å². The highest BCUT2D eigenvalue weighted by atomic mass is 16.5. The summed E-state index contributed by atoms with van der Waals surface area (Å²) in [4.78, 5) is 34.5. The van der Waals surface area contributed by atoms with Crippen LogP contribution in [0.4, 0.5) is 11.4 Å². The van der Waals surface area contributed by atoms with Gasteiger partial charge in [-0.05, 0) is 68.5 Å². The number of carbonyl (C=O) groups is 2. The van der Waals surface area contributed by atoms with E-state index in [1.54, 1.807) is 12.1 Å². The van der Waals surface area contributed by atoms with Crippen LogP contribution in [0.5, 0.6) is 0 Å². The molecule has 0 bridgehead atoms. The van der Waals surface area contributed by atoms with E-state index in [1.807, 2.05) is 37.3 Å². The third kappa shape index (κ3) is 9.54. The predicted molar refractivity (Wildman–Crippen MR) is 191 cm³/mol. The number of carbonyl (C=O) groups excluding carboxylic acids is 2. The van der Waals surface area contributed by atoms with E-state index >= 15 is 0 Å². The standard InChI is InChI=1S/C40H53N3O3/c1-6-8-9-10-11-12-13-14-15-18-25-46-38-24-21-29(3)26-37(38)42-40(45)34-28-36(32-19-16-17-20-33(32)39(34)44)41-35-23-22-31(27-30(35)4)43(5)7-2/h16-17,19-24,27-29H,6-15,18,25-26H2,1-5H3,(H,42,45). The monoisotopic (exact) mass is 623 g/mol. The molecule has 2 aliphatic carbocycles. The van der Waals surface area contributed by atoms with Gasteiger partial charge in [0, 0.05) is 30.4 Å². The smallest absolute Gasteiger partial charge is 0.259 e. The van der Waals surface area contributed by atoms with Crippen molar-refractivity contribution in [3.05, 3.63) is 94.4 Å². The summed E-state index contributed by atoms with van der Waals surface area (Å²) in [6.45, 7) is 10.0. The topological polar surface area (TPSA) is 71.0 Å². The molecule has 2 aromatic carbocycles. The van der Waals surface area contributed by atoms with Crippen LogP contribution in [-0.2, 0) is 9.53 Å². The van der Waals surface area contributed by atoms with Crippen LogP contribution >= 0.6 is 0 Å². The molecule has 6 nitrogen and oxygen atoms in total. The summed E-state index contributed by atoms with van der Waals surface area (Å²) < 4.78 is 6.18. The van der Waals surface area contributed by atoms with E-state index < -0.39 is 5.91 Å². The summed E-state index contributed by atoms with van der Waals surface area (Å²) in [5.41, 5.74) is 5.57. The molecule has 2 aromatic rings. The largest absolute Gasteiger partial charge is 0.492 e. The molecule has 0 saturated carbocycles. The first kappa shape index (κ1) is 34.9. The number of ether oxygens (including phenoxy) is 1. The van der Waals surface area contributed by atoms with Crippen LogP contribution < -0.4 is 10.2 Å². The number of amides is 1. The Hall–Kier alpha value is -3.93. The van der Waals surface area contributed by atoms with Gasteiger partial charge in [0.25, 0.3) is 5.91 Å². The van der Waals surface area contributed by atoms with E-state index in [0.29, 0.717) is 30.1 Å². The van der Waals surface area contributed by atoms with Crippen LogP contribution in [0.1, 0.15) is 113 Å². The number of hydrogen-bond acceptors (Lipinski definition) is 5. The fourth-order valence-corrected chi connectivity index (χ4v) is 5.97. The number of fused-ring (bicyclic) bond motifs is 1. The minimum Gasteiger partial charge on any atom is -0.492 e. The number of rotatable bonds is 17. The Labute approximate surface area is 276 Å². The normalized spacial score (nSPS) is 16.8. The highest BCUT2D eigenvalue weighted by Gasteiger charge is 2.30. The van der Waals surface area contributed by atoms with Gasteiger partial charge in [-0.3, -0.25) is 9.59 Å². The van der Waals surface area contributed by atoms with Gasteiger partial charge in [0.05, 0.1) is 29.3 Å². The number of allylic oxidation sites excluding steroid dienone is 4. The second-order valence-electron chi connectivity index (χ2n) is 12.8. The van der Waals surface area contributed by atoms with Crippen LogP contribution in [-0.4, -0.2) is 37.6 Å². The van der Waals surface area contributed by atoms with Gasteiger partial charge in [-0.25, -0.2) is 4.99 Å². The molecule has 0 aliphatic heterocycles. The second kappa shape index (κ2) is 17.7. The lowest BCUT2D eigenvalue weighted by atomic mass is 9.88. The second-order valence-corrected chi connectivity index (χ2v) is 12.8. The molecule has 1 unspecified atom stereocenters. The summed E-state index contributed by atoms with van der Waals surface area (Å²) in [7, 11) is 2.06. The summed E-state index contributed by atoms with van der Waals surface area (Å²) in [5, 5.41) is 3.06. The van der Waals surface area contributed by atoms with Crippen molar-refractivity contribution in [1.29, 1.82) is 0 Å². The van der Waals surface area contributed by atoms with Crippen molar-refractivity contribution in [1.82, 2.24) is 5.32 Å². The first-order valence-electron chi connectivity index (χ1n) is 17.4. The predicted octanol–water partition coefficient (Wildman–Crippen LogP) is 9.56. The van der Waals surface area contributed by atoms with Crippen molar-refractivity contribution in [2.75, 3.05) is 25.1 Å². The van der Waals surface area contributed by atoms with Gasteiger partial charge in [-0.2, -0.15) is 0 Å². The Kier molecular flexibility index (Phi) is 13.4. The molecule has 2 aliphatic rings. The number of ketones is 1. The van der Waals surface area contributed by atoms with Crippen LogP contribution in [0, 0.1) is 12.8 Å². The van der Waals surface area contributed by atoms with Crippen molar-refractivity contribution < 1.29 is 14.3 Å². The van der Waals surface area contributed by atoms with Gasteiger partial charge in [0.15, 0.2) is 5.78 Å². The molecule has 1 atom stereocenters. The third-order valence-electron chi connectivity index (χ3n) is 8.97. The summed E-state index contributed by atoms with van der Waals surface area (Å²) in [6, 6.07) is 13.5. The maximum atomic E-state index is 13.7. The molecule has 1 amide bonds. The number of unbranched alkanes of at least 4 members (excludes halogenated alkanes) is 9. The zero-order valence-electron chi connectivity index (χ0n) is 28.7. The van der Waals surface area contributed by atoms with Gasteiger partial charge >= 0.3 is 0 Å². The van der Waals surface area contributed by atoms with Gasteiger partial charge in [-0.15, -0.1) is 0 Å². The van der Waals surface area contributed by atoms with Crippen molar-refractivity contribution in [3.63, 3.8) is 0 Å². The Bertz CT molecular complexity index is 1480. The van der Waals surface area contributed by atoms with Crippen LogP contribution in [0.15, 0.2) is 82.7 Å². The van der Waals surface area contributed by atoms with Crippen molar-refractivity contribution in [3.8, 4) is 0 Å². The SMILES string of the molecule is CCCCCCCCCCCCOC1=C(NC(=O)C2=CC(=Nc3ccc(N(C)CC)cc3C)c3ccccc3C2=O)CC(C)C=C1. The van der Waals surface area contributed by atoms with E-state index in [-0.39, 0.29) is 17.3 Å². The van der Waals surface area contributed by atoms with Crippen molar-refractivity contribution in [2.45, 2.75) is 98.3 Å². The molecular formula is C40H53N3O3. The van der Waals surface area contributed by atoms with Crippen LogP contribution in [0.2, 0.25) is 0 Å². The average Bonchev–Trinajstić information content (AvgIpc) is 3.06. The maximum absolute atomic E-state index is 13.7. The lowest BCUT2D eigenvalue weighted by Gasteiger charge is -2.23. The van der Waals surface area contributed by atoms with Gasteiger partial charge in [0.1, 0.15) is 5.76 Å². The van der Waals surface area contributed by atoms with E-state index in [0.717, 1.165) is 47.6 Å². The zero-order valence-corrected chi connectivity index (χ0v) is 28.7. The van der Waals surface area contributed by atoms with Gasteiger partial charge < -0.3 is 15.0 Å². The highest BCUT2D eigenvalue weighted by molar-refractivity contribution is 6.35. The fourth-order valence-electron chi connectivity index (χ4n) is 5.97. The highest BCUT2D eigenvalue weighted by Crippen LogP contribution is 2.29. The molecule has 1 N–H and O–H groups in total. The number of aryl methyl sites for hydroxylation is 1. The molecule has 0 radical (unpaired) electrons. The lowest BCUT2D eigenvalue weighted by Crippen LogP contribution is -2.33.